The first kappa shape index (κ1) is 5.76. The zero-order valence-electron chi connectivity index (χ0n) is 6.48. The lowest BCUT2D eigenvalue weighted by Crippen LogP contribution is -1.96. The summed E-state index contributed by atoms with van der Waals surface area (Å²) in [6.07, 6.45) is 5.97. The molecule has 0 radical (unpaired) electrons. The van der Waals surface area contributed by atoms with Crippen molar-refractivity contribution in [2.24, 2.45) is 17.3 Å². The molecule has 0 saturated heterocycles. The van der Waals surface area contributed by atoms with Crippen molar-refractivity contribution in [3.63, 3.8) is 0 Å². The second-order valence-corrected chi connectivity index (χ2v) is 3.81. The van der Waals surface area contributed by atoms with Gasteiger partial charge < -0.3 is 0 Å². The molecule has 2 aliphatic carbocycles. The standard InChI is InChI=1S/C9H16/c1-3-5-9-6-8(9)7(9)4-2/h7-8H,3-6H2,1-2H3. The van der Waals surface area contributed by atoms with E-state index < -0.39 is 0 Å². The number of hydrogen-bond acceptors (Lipinski definition) is 0. The van der Waals surface area contributed by atoms with Gasteiger partial charge in [-0.3, -0.25) is 0 Å². The van der Waals surface area contributed by atoms with E-state index in [0.717, 1.165) is 11.3 Å². The van der Waals surface area contributed by atoms with Crippen molar-refractivity contribution in [1.82, 2.24) is 0 Å². The summed E-state index contributed by atoms with van der Waals surface area (Å²) in [6.45, 7) is 4.66. The second kappa shape index (κ2) is 1.53. The smallest absolute Gasteiger partial charge is 0.0232 e. The molecule has 0 N–H and O–H groups in total. The molecule has 0 heterocycles. The number of rotatable bonds is 3. The Kier molecular flexibility index (Phi) is 0.980. The van der Waals surface area contributed by atoms with Gasteiger partial charge in [0.1, 0.15) is 0 Å². The quantitative estimate of drug-likeness (QED) is 0.542. The Morgan fingerprint density at radius 1 is 1.44 bits per heavy atom. The number of fused-ring (bicyclic) bond motifs is 1. The van der Waals surface area contributed by atoms with Gasteiger partial charge in [0.2, 0.25) is 0 Å². The third kappa shape index (κ3) is 0.544. The van der Waals surface area contributed by atoms with Gasteiger partial charge in [-0.05, 0) is 30.1 Å². The van der Waals surface area contributed by atoms with Crippen LogP contribution < -0.4 is 0 Å². The molecule has 0 heteroatoms. The maximum absolute atomic E-state index is 2.34. The molecule has 0 nitrogen and oxygen atoms in total. The molecule has 0 aromatic heterocycles. The summed E-state index contributed by atoms with van der Waals surface area (Å²) in [7, 11) is 0. The van der Waals surface area contributed by atoms with Crippen LogP contribution in [0, 0.1) is 17.3 Å². The Balaban J connectivity index is 1.86. The summed E-state index contributed by atoms with van der Waals surface area (Å²) in [4.78, 5) is 0. The minimum absolute atomic E-state index is 0.934. The first-order chi connectivity index (χ1) is 4.35. The third-order valence-corrected chi connectivity index (χ3v) is 3.45. The lowest BCUT2D eigenvalue weighted by atomic mass is 9.99. The first-order valence-corrected chi connectivity index (χ1v) is 4.35. The maximum Gasteiger partial charge on any atom is -0.0232 e. The first-order valence-electron chi connectivity index (χ1n) is 4.35. The van der Waals surface area contributed by atoms with Crippen molar-refractivity contribution in [2.45, 2.75) is 39.5 Å². The van der Waals surface area contributed by atoms with E-state index in [2.05, 4.69) is 13.8 Å². The van der Waals surface area contributed by atoms with Crippen LogP contribution in [0.2, 0.25) is 0 Å². The third-order valence-electron chi connectivity index (χ3n) is 3.45. The normalized spacial score (nSPS) is 52.7. The van der Waals surface area contributed by atoms with Crippen molar-refractivity contribution in [3.05, 3.63) is 0 Å². The minimum atomic E-state index is 0.934. The fraction of sp³-hybridized carbons (Fsp3) is 1.00. The summed E-state index contributed by atoms with van der Waals surface area (Å²) in [6, 6.07) is 0. The van der Waals surface area contributed by atoms with Gasteiger partial charge in [0.25, 0.3) is 0 Å². The summed E-state index contributed by atoms with van der Waals surface area (Å²) < 4.78 is 0. The van der Waals surface area contributed by atoms with E-state index >= 15 is 0 Å². The van der Waals surface area contributed by atoms with E-state index in [9.17, 15) is 0 Å². The highest BCUT2D eigenvalue weighted by Crippen LogP contribution is 2.82. The van der Waals surface area contributed by atoms with E-state index in [-0.39, 0.29) is 0 Å². The SMILES string of the molecule is CCCC12CC1C2CC. The fourth-order valence-corrected chi connectivity index (χ4v) is 2.78. The zero-order valence-corrected chi connectivity index (χ0v) is 6.48. The van der Waals surface area contributed by atoms with Crippen LogP contribution in [-0.4, -0.2) is 0 Å². The summed E-state index contributed by atoms with van der Waals surface area (Å²) in [5, 5.41) is 0. The van der Waals surface area contributed by atoms with Crippen molar-refractivity contribution in [1.29, 1.82) is 0 Å². The predicted molar refractivity (Wildman–Crippen MR) is 39.2 cm³/mol. The van der Waals surface area contributed by atoms with E-state index in [0.29, 0.717) is 0 Å². The predicted octanol–water partition coefficient (Wildman–Crippen LogP) is 2.83. The highest BCUT2D eigenvalue weighted by Gasteiger charge is 2.75. The highest BCUT2D eigenvalue weighted by atomic mass is 14.8. The summed E-state index contributed by atoms with van der Waals surface area (Å²) in [5.74, 6) is 2.36. The topological polar surface area (TPSA) is 0 Å². The van der Waals surface area contributed by atoms with Crippen molar-refractivity contribution < 1.29 is 0 Å². The summed E-state index contributed by atoms with van der Waals surface area (Å²) in [5.41, 5.74) is 0.934. The molecule has 3 unspecified atom stereocenters. The van der Waals surface area contributed by atoms with E-state index in [4.69, 9.17) is 0 Å². The van der Waals surface area contributed by atoms with Crippen molar-refractivity contribution in [3.8, 4) is 0 Å². The van der Waals surface area contributed by atoms with Gasteiger partial charge in [-0.2, -0.15) is 0 Å². The molecule has 0 aromatic carbocycles. The largest absolute Gasteiger partial charge is 0.0654 e. The molecular weight excluding hydrogens is 108 g/mol. The molecule has 9 heavy (non-hydrogen) atoms. The lowest BCUT2D eigenvalue weighted by molar-refractivity contribution is 0.444. The molecule has 0 amide bonds. The Hall–Kier alpha value is 0. The van der Waals surface area contributed by atoms with Gasteiger partial charge in [0.05, 0.1) is 0 Å². The average molecular weight is 124 g/mol. The fourth-order valence-electron chi connectivity index (χ4n) is 2.78. The Bertz CT molecular complexity index is 128. The van der Waals surface area contributed by atoms with Crippen LogP contribution in [-0.2, 0) is 0 Å². The molecule has 2 fully saturated rings. The average Bonchev–Trinajstić information content (AvgIpc) is 2.57. The molecule has 0 bridgehead atoms. The van der Waals surface area contributed by atoms with Crippen LogP contribution in [0.5, 0.6) is 0 Å². The molecule has 2 aliphatic rings. The van der Waals surface area contributed by atoms with E-state index in [1.165, 1.54) is 25.2 Å². The molecule has 0 aliphatic heterocycles. The van der Waals surface area contributed by atoms with Gasteiger partial charge >= 0.3 is 0 Å². The number of hydrogen-bond donors (Lipinski definition) is 0. The van der Waals surface area contributed by atoms with Crippen molar-refractivity contribution in [2.75, 3.05) is 0 Å². The van der Waals surface area contributed by atoms with Crippen LogP contribution in [0.15, 0.2) is 0 Å². The molecule has 0 aromatic rings. The van der Waals surface area contributed by atoms with Crippen LogP contribution in [0.4, 0.5) is 0 Å². The van der Waals surface area contributed by atoms with Crippen LogP contribution >= 0.6 is 0 Å². The van der Waals surface area contributed by atoms with Crippen molar-refractivity contribution >= 4 is 0 Å². The highest BCUT2D eigenvalue weighted by molar-refractivity contribution is 5.24. The van der Waals surface area contributed by atoms with Crippen LogP contribution in [0.25, 0.3) is 0 Å². The Labute approximate surface area is 57.6 Å². The Morgan fingerprint density at radius 3 is 2.56 bits per heavy atom. The van der Waals surface area contributed by atoms with E-state index in [1.54, 1.807) is 6.42 Å². The molecule has 2 saturated carbocycles. The molecular formula is C9H16. The maximum atomic E-state index is 2.34. The minimum Gasteiger partial charge on any atom is -0.0654 e. The lowest BCUT2D eigenvalue weighted by Gasteiger charge is -2.06. The molecule has 0 spiro atoms. The molecule has 3 atom stereocenters. The molecule has 2 rings (SSSR count). The summed E-state index contributed by atoms with van der Waals surface area (Å²) >= 11 is 0. The molecule has 52 valence electrons. The van der Waals surface area contributed by atoms with Gasteiger partial charge in [0, 0.05) is 0 Å². The van der Waals surface area contributed by atoms with Gasteiger partial charge in [0.15, 0.2) is 0 Å². The second-order valence-electron chi connectivity index (χ2n) is 3.81. The van der Waals surface area contributed by atoms with Crippen LogP contribution in [0.1, 0.15) is 39.5 Å². The van der Waals surface area contributed by atoms with Gasteiger partial charge in [-0.1, -0.05) is 26.7 Å². The van der Waals surface area contributed by atoms with Crippen LogP contribution in [0.3, 0.4) is 0 Å². The zero-order chi connectivity index (χ0) is 6.48. The van der Waals surface area contributed by atoms with E-state index in [1.807, 2.05) is 0 Å². The monoisotopic (exact) mass is 124 g/mol. The van der Waals surface area contributed by atoms with Gasteiger partial charge in [-0.15, -0.1) is 0 Å². The van der Waals surface area contributed by atoms with Gasteiger partial charge in [-0.25, -0.2) is 0 Å². The Morgan fingerprint density at radius 2 is 2.22 bits per heavy atom.